The highest BCUT2D eigenvalue weighted by atomic mass is 16.5. The first-order valence-electron chi connectivity index (χ1n) is 12.9. The number of esters is 2. The van der Waals surface area contributed by atoms with Crippen molar-refractivity contribution in [1.82, 2.24) is 9.13 Å². The van der Waals surface area contributed by atoms with Gasteiger partial charge in [0.15, 0.2) is 0 Å². The Hall–Kier alpha value is -5.52. The number of carbonyl (C=O) groups is 4. The van der Waals surface area contributed by atoms with Crippen molar-refractivity contribution in [2.24, 2.45) is 0 Å². The first-order chi connectivity index (χ1) is 20.2. The minimum Gasteiger partial charge on any atom is -0.497 e. The van der Waals surface area contributed by atoms with Gasteiger partial charge in [-0.3, -0.25) is 18.7 Å². The summed E-state index contributed by atoms with van der Waals surface area (Å²) < 4.78 is 22.7. The van der Waals surface area contributed by atoms with Crippen molar-refractivity contribution in [1.29, 1.82) is 0 Å². The number of ether oxygens (including phenoxy) is 4. The Balaban J connectivity index is 1.86. The molecule has 1 aliphatic carbocycles. The number of benzene rings is 2. The number of nitrogens with zero attached hydrogens (tertiary/aromatic N) is 2. The zero-order chi connectivity index (χ0) is 30.3. The van der Waals surface area contributed by atoms with Crippen LogP contribution in [0.1, 0.15) is 66.7 Å². The number of hydrogen-bond acceptors (Lipinski definition) is 10. The summed E-state index contributed by atoms with van der Waals surface area (Å²) in [4.78, 5) is 54.9. The van der Waals surface area contributed by atoms with Gasteiger partial charge in [-0.05, 0) is 62.4 Å². The number of ketones is 2. The molecule has 0 bridgehead atoms. The van der Waals surface area contributed by atoms with Gasteiger partial charge in [0, 0.05) is 11.4 Å². The fourth-order valence-corrected chi connectivity index (χ4v) is 4.99. The summed E-state index contributed by atoms with van der Waals surface area (Å²) in [6.45, 7) is 2.94. The van der Waals surface area contributed by atoms with E-state index in [-0.39, 0.29) is 24.6 Å². The summed E-state index contributed by atoms with van der Waals surface area (Å²) in [6.07, 6.45) is 0. The zero-order valence-corrected chi connectivity index (χ0v) is 23.1. The largest absolute Gasteiger partial charge is 0.497 e. The van der Waals surface area contributed by atoms with E-state index in [1.165, 1.54) is 38.5 Å². The highest BCUT2D eigenvalue weighted by Gasteiger charge is 2.47. The number of fused-ring (bicyclic) bond motifs is 2. The molecule has 2 N–H and O–H groups in total. The highest BCUT2D eigenvalue weighted by Crippen LogP contribution is 2.44. The minimum absolute atomic E-state index is 0.0792. The lowest BCUT2D eigenvalue weighted by atomic mass is 9.88. The van der Waals surface area contributed by atoms with E-state index in [0.29, 0.717) is 11.5 Å². The molecule has 0 unspecified atom stereocenters. The Kier molecular flexibility index (Phi) is 7.21. The average Bonchev–Trinajstić information content (AvgIpc) is 3.48. The van der Waals surface area contributed by atoms with Crippen LogP contribution in [0.25, 0.3) is 11.4 Å². The summed E-state index contributed by atoms with van der Waals surface area (Å²) in [5.74, 6) is -4.39. The van der Waals surface area contributed by atoms with Crippen molar-refractivity contribution in [3.63, 3.8) is 0 Å². The van der Waals surface area contributed by atoms with E-state index in [1.807, 2.05) is 0 Å². The molecule has 0 atom stereocenters. The van der Waals surface area contributed by atoms with E-state index in [2.05, 4.69) is 0 Å². The molecule has 2 aromatic carbocycles. The fourth-order valence-electron chi connectivity index (χ4n) is 4.99. The first-order valence-corrected chi connectivity index (χ1v) is 12.9. The van der Waals surface area contributed by atoms with Crippen LogP contribution < -0.4 is 9.47 Å². The summed E-state index contributed by atoms with van der Waals surface area (Å²) >= 11 is 0. The van der Waals surface area contributed by atoms with Crippen LogP contribution in [0.4, 0.5) is 0 Å². The smallest absolute Gasteiger partial charge is 0.344 e. The molecular weight excluding hydrogens is 548 g/mol. The lowest BCUT2D eigenvalue weighted by Gasteiger charge is -2.18. The SMILES string of the molecule is CCOC(=O)c1c2c(n(-c3ccc(OC)cc3)c1O)C(=O)c1c(C(=O)OCC)c(O)n(-c3ccc(OC)cc3)c1C2=O. The second-order valence-corrected chi connectivity index (χ2v) is 9.01. The molecule has 42 heavy (non-hydrogen) atoms. The Bertz CT molecular complexity index is 1610. The molecule has 0 saturated heterocycles. The van der Waals surface area contributed by atoms with Crippen molar-refractivity contribution in [3.05, 3.63) is 82.2 Å². The quantitative estimate of drug-likeness (QED) is 0.261. The third-order valence-electron chi connectivity index (χ3n) is 6.80. The van der Waals surface area contributed by atoms with Crippen LogP contribution in [0.2, 0.25) is 0 Å². The maximum atomic E-state index is 14.3. The molecule has 2 heterocycles. The van der Waals surface area contributed by atoms with Crippen LogP contribution in [0.5, 0.6) is 23.3 Å². The molecule has 0 spiro atoms. The Morgan fingerprint density at radius 2 is 0.976 bits per heavy atom. The second-order valence-electron chi connectivity index (χ2n) is 9.01. The Morgan fingerprint density at radius 1 is 0.643 bits per heavy atom. The third-order valence-corrected chi connectivity index (χ3v) is 6.80. The Morgan fingerprint density at radius 3 is 1.26 bits per heavy atom. The normalized spacial score (nSPS) is 12.0. The van der Waals surface area contributed by atoms with Gasteiger partial charge in [-0.2, -0.15) is 0 Å². The van der Waals surface area contributed by atoms with Crippen LogP contribution in [-0.2, 0) is 9.47 Å². The van der Waals surface area contributed by atoms with Gasteiger partial charge in [0.1, 0.15) is 34.0 Å². The predicted molar refractivity (Wildman–Crippen MR) is 147 cm³/mol. The molecule has 0 aliphatic heterocycles. The van der Waals surface area contributed by atoms with E-state index in [0.717, 1.165) is 9.13 Å². The van der Waals surface area contributed by atoms with E-state index >= 15 is 0 Å². The summed E-state index contributed by atoms with van der Waals surface area (Å²) in [7, 11) is 2.92. The summed E-state index contributed by atoms with van der Waals surface area (Å²) in [5, 5.41) is 22.7. The lowest BCUT2D eigenvalue weighted by Crippen LogP contribution is -2.26. The summed E-state index contributed by atoms with van der Waals surface area (Å²) in [5.41, 5.74) is -2.32. The molecule has 2 aromatic heterocycles. The first kappa shape index (κ1) is 28.0. The number of aromatic hydroxyl groups is 2. The number of carbonyl (C=O) groups excluding carboxylic acids is 4. The van der Waals surface area contributed by atoms with Gasteiger partial charge in [0.2, 0.25) is 23.3 Å². The van der Waals surface area contributed by atoms with Crippen molar-refractivity contribution < 1.29 is 48.3 Å². The number of aromatic nitrogens is 2. The maximum Gasteiger partial charge on any atom is 0.344 e. The van der Waals surface area contributed by atoms with Gasteiger partial charge in [0.25, 0.3) is 0 Å². The molecule has 216 valence electrons. The van der Waals surface area contributed by atoms with Gasteiger partial charge >= 0.3 is 11.9 Å². The van der Waals surface area contributed by atoms with Crippen LogP contribution in [0.3, 0.4) is 0 Å². The van der Waals surface area contributed by atoms with Crippen molar-refractivity contribution >= 4 is 23.5 Å². The molecule has 0 fully saturated rings. The van der Waals surface area contributed by atoms with Crippen LogP contribution in [-0.4, -0.2) is 70.3 Å². The monoisotopic (exact) mass is 574 g/mol. The molecule has 5 rings (SSSR count). The number of hydrogen-bond donors (Lipinski definition) is 2. The molecule has 12 nitrogen and oxygen atoms in total. The van der Waals surface area contributed by atoms with Crippen molar-refractivity contribution in [3.8, 4) is 34.6 Å². The standard InChI is InChI=1S/C30H26N2O10/c1-5-41-29(37)21-19-23(31(27(21)35)15-7-11-17(39-3)12-8-15)26(34)20-22(30(38)42-6-2)28(36)32(24(20)25(19)33)16-9-13-18(40-4)14-10-16/h7-14,35-36H,5-6H2,1-4H3. The molecular formula is C30H26N2O10. The third kappa shape index (κ3) is 4.15. The highest BCUT2D eigenvalue weighted by molar-refractivity contribution is 6.33. The Labute approximate surface area is 239 Å². The van der Waals surface area contributed by atoms with Crippen LogP contribution in [0, 0.1) is 0 Å². The topological polar surface area (TPSA) is 156 Å². The summed E-state index contributed by atoms with van der Waals surface area (Å²) in [6, 6.07) is 12.3. The van der Waals surface area contributed by atoms with E-state index < -0.39 is 68.9 Å². The molecule has 12 heteroatoms. The van der Waals surface area contributed by atoms with Gasteiger partial charge in [-0.15, -0.1) is 0 Å². The van der Waals surface area contributed by atoms with Crippen molar-refractivity contribution in [2.45, 2.75) is 13.8 Å². The van der Waals surface area contributed by atoms with Gasteiger partial charge in [-0.1, -0.05) is 0 Å². The minimum atomic E-state index is -1.04. The van der Waals surface area contributed by atoms with E-state index in [4.69, 9.17) is 18.9 Å². The molecule has 0 radical (unpaired) electrons. The average molecular weight is 575 g/mol. The van der Waals surface area contributed by atoms with Crippen LogP contribution >= 0.6 is 0 Å². The van der Waals surface area contributed by atoms with Gasteiger partial charge < -0.3 is 29.2 Å². The number of methoxy groups -OCH3 is 2. The van der Waals surface area contributed by atoms with Gasteiger partial charge in [-0.25, -0.2) is 9.59 Å². The zero-order valence-electron chi connectivity index (χ0n) is 23.1. The molecule has 0 saturated carbocycles. The predicted octanol–water partition coefficient (Wildman–Crippen LogP) is 3.83. The molecule has 0 amide bonds. The van der Waals surface area contributed by atoms with E-state index in [9.17, 15) is 29.4 Å². The molecule has 4 aromatic rings. The second kappa shape index (κ2) is 10.8. The number of rotatable bonds is 8. The van der Waals surface area contributed by atoms with Crippen molar-refractivity contribution in [2.75, 3.05) is 27.4 Å². The van der Waals surface area contributed by atoms with E-state index in [1.54, 1.807) is 38.1 Å². The molecule has 1 aliphatic rings. The fraction of sp³-hybridized carbons (Fsp3) is 0.200. The van der Waals surface area contributed by atoms with Crippen LogP contribution in [0.15, 0.2) is 48.5 Å². The lowest BCUT2D eigenvalue weighted by molar-refractivity contribution is 0.0510. The maximum absolute atomic E-state index is 14.3. The van der Waals surface area contributed by atoms with Gasteiger partial charge in [0.05, 0.1) is 38.6 Å².